The van der Waals surface area contributed by atoms with Crippen molar-refractivity contribution in [1.29, 1.82) is 0 Å². The number of morpholine rings is 1. The topological polar surface area (TPSA) is 54.0 Å². The predicted molar refractivity (Wildman–Crippen MR) is 109 cm³/mol. The number of pyridine rings is 1. The molecule has 146 valence electrons. The van der Waals surface area contributed by atoms with Crippen LogP contribution in [0.15, 0.2) is 60.1 Å². The first-order valence-electron chi connectivity index (χ1n) is 9.40. The van der Waals surface area contributed by atoms with Gasteiger partial charge in [0.25, 0.3) is 0 Å². The van der Waals surface area contributed by atoms with Crippen molar-refractivity contribution < 1.29 is 9.13 Å². The zero-order chi connectivity index (χ0) is 19.3. The second kappa shape index (κ2) is 8.86. The second-order valence-corrected chi connectivity index (χ2v) is 8.15. The van der Waals surface area contributed by atoms with Crippen molar-refractivity contribution in [3.63, 3.8) is 0 Å². The predicted octanol–water partition coefficient (Wildman–Crippen LogP) is 4.16. The Morgan fingerprint density at radius 2 is 1.82 bits per heavy atom. The summed E-state index contributed by atoms with van der Waals surface area (Å²) in [7, 11) is 0. The van der Waals surface area contributed by atoms with Crippen LogP contribution >= 0.6 is 11.8 Å². The van der Waals surface area contributed by atoms with Gasteiger partial charge in [0.15, 0.2) is 0 Å². The Balaban J connectivity index is 1.60. The molecule has 2 aromatic heterocycles. The van der Waals surface area contributed by atoms with Crippen LogP contribution in [0.5, 0.6) is 0 Å². The Labute approximate surface area is 168 Å². The Kier molecular flexibility index (Phi) is 6.04. The van der Waals surface area contributed by atoms with Crippen LogP contribution in [0.2, 0.25) is 0 Å². The quantitative estimate of drug-likeness (QED) is 0.632. The van der Waals surface area contributed by atoms with Gasteiger partial charge in [0.1, 0.15) is 10.8 Å². The van der Waals surface area contributed by atoms with E-state index in [4.69, 9.17) is 4.74 Å². The molecule has 1 aliphatic rings. The van der Waals surface area contributed by atoms with E-state index in [-0.39, 0.29) is 17.1 Å². The van der Waals surface area contributed by atoms with Gasteiger partial charge < -0.3 is 9.72 Å². The lowest BCUT2D eigenvalue weighted by Gasteiger charge is -2.37. The van der Waals surface area contributed by atoms with Crippen LogP contribution < -0.4 is 0 Å². The lowest BCUT2D eigenvalue weighted by Crippen LogP contribution is -2.42. The second-order valence-electron chi connectivity index (χ2n) is 6.79. The highest BCUT2D eigenvalue weighted by Crippen LogP contribution is 2.38. The van der Waals surface area contributed by atoms with E-state index in [1.54, 1.807) is 30.5 Å². The molecule has 3 heterocycles. The Hall–Kier alpha value is -2.22. The summed E-state index contributed by atoms with van der Waals surface area (Å²) in [6, 6.07) is 11.0. The monoisotopic (exact) mass is 398 g/mol. The van der Waals surface area contributed by atoms with Crippen LogP contribution in [0, 0.1) is 5.82 Å². The van der Waals surface area contributed by atoms with Crippen LogP contribution in [0.1, 0.15) is 18.5 Å². The zero-order valence-electron chi connectivity index (χ0n) is 15.7. The van der Waals surface area contributed by atoms with Gasteiger partial charge in [0.05, 0.1) is 25.2 Å². The van der Waals surface area contributed by atoms with Crippen molar-refractivity contribution in [2.24, 2.45) is 0 Å². The molecule has 0 saturated carbocycles. The molecule has 2 atom stereocenters. The number of aromatic amines is 1. The molecule has 7 heteroatoms. The molecule has 3 aromatic rings. The number of hydrogen-bond donors (Lipinski definition) is 1. The molecular weight excluding hydrogens is 375 g/mol. The van der Waals surface area contributed by atoms with Gasteiger partial charge in [0, 0.05) is 42.3 Å². The van der Waals surface area contributed by atoms with Gasteiger partial charge in [-0.05, 0) is 29.8 Å². The van der Waals surface area contributed by atoms with E-state index in [9.17, 15) is 4.39 Å². The minimum absolute atomic E-state index is 0.150. The van der Waals surface area contributed by atoms with Crippen molar-refractivity contribution in [3.05, 3.63) is 66.5 Å². The van der Waals surface area contributed by atoms with E-state index < -0.39 is 0 Å². The smallest absolute Gasteiger partial charge is 0.123 e. The van der Waals surface area contributed by atoms with Gasteiger partial charge in [-0.25, -0.2) is 9.37 Å². The van der Waals surface area contributed by atoms with Gasteiger partial charge in [-0.3, -0.25) is 9.88 Å². The van der Waals surface area contributed by atoms with Crippen molar-refractivity contribution in [3.8, 4) is 11.3 Å². The minimum Gasteiger partial charge on any atom is -0.379 e. The van der Waals surface area contributed by atoms with Gasteiger partial charge in [-0.15, -0.1) is 0 Å². The Morgan fingerprint density at radius 3 is 2.54 bits per heavy atom. The summed E-state index contributed by atoms with van der Waals surface area (Å²) >= 11 is 1.73. The number of nitrogens with one attached hydrogen (secondary N) is 1. The molecule has 2 unspecified atom stereocenters. The van der Waals surface area contributed by atoms with Crippen LogP contribution in [0.25, 0.3) is 11.3 Å². The lowest BCUT2D eigenvalue weighted by molar-refractivity contribution is 0.0164. The fourth-order valence-electron chi connectivity index (χ4n) is 3.63. The zero-order valence-corrected chi connectivity index (χ0v) is 16.5. The largest absolute Gasteiger partial charge is 0.379 e. The van der Waals surface area contributed by atoms with Gasteiger partial charge in [0.2, 0.25) is 0 Å². The molecule has 0 aliphatic carbocycles. The number of thioether (sulfide) groups is 1. The Bertz CT molecular complexity index is 881. The standard InChI is InChI=1S/C21H23FN4OS/c1-15(28-21-19(24-14-25-21)16-6-8-23-9-7-16)20(26-10-12-27-13-11-26)17-2-4-18(22)5-3-17/h2-9,14-15,20H,10-13H2,1H3,(H,24,25). The number of halogens is 1. The summed E-state index contributed by atoms with van der Waals surface area (Å²) in [5.41, 5.74) is 3.18. The number of nitrogens with zero attached hydrogens (tertiary/aromatic N) is 3. The summed E-state index contributed by atoms with van der Waals surface area (Å²) in [6.07, 6.45) is 5.29. The van der Waals surface area contributed by atoms with E-state index in [2.05, 4.69) is 26.8 Å². The van der Waals surface area contributed by atoms with Crippen molar-refractivity contribution in [2.75, 3.05) is 26.3 Å². The Morgan fingerprint density at radius 1 is 1.11 bits per heavy atom. The van der Waals surface area contributed by atoms with Crippen LogP contribution in [0.3, 0.4) is 0 Å². The van der Waals surface area contributed by atoms with Crippen LogP contribution in [0.4, 0.5) is 4.39 Å². The van der Waals surface area contributed by atoms with E-state index in [1.165, 1.54) is 12.1 Å². The summed E-state index contributed by atoms with van der Waals surface area (Å²) < 4.78 is 19.0. The third-order valence-electron chi connectivity index (χ3n) is 4.97. The number of imidazole rings is 1. The molecule has 4 rings (SSSR count). The van der Waals surface area contributed by atoms with Crippen molar-refractivity contribution in [1.82, 2.24) is 19.9 Å². The van der Waals surface area contributed by atoms with Gasteiger partial charge >= 0.3 is 0 Å². The molecule has 0 amide bonds. The number of aromatic nitrogens is 3. The van der Waals surface area contributed by atoms with Crippen LogP contribution in [-0.2, 0) is 4.74 Å². The molecule has 1 fully saturated rings. The normalized spacial score (nSPS) is 17.4. The first-order valence-corrected chi connectivity index (χ1v) is 10.3. The summed E-state index contributed by atoms with van der Waals surface area (Å²) in [6.45, 7) is 5.38. The number of hydrogen-bond acceptors (Lipinski definition) is 5. The SMILES string of the molecule is CC(Sc1nc[nH]c1-c1ccncc1)C(c1ccc(F)cc1)N1CCOCC1. The highest BCUT2D eigenvalue weighted by Gasteiger charge is 2.29. The first-order chi connectivity index (χ1) is 13.7. The maximum absolute atomic E-state index is 13.5. The average molecular weight is 399 g/mol. The third kappa shape index (κ3) is 4.27. The number of ether oxygens (including phenoxy) is 1. The lowest BCUT2D eigenvalue weighted by atomic mass is 10.0. The first kappa shape index (κ1) is 19.1. The van der Waals surface area contributed by atoms with Crippen molar-refractivity contribution >= 4 is 11.8 Å². The molecule has 1 N–H and O–H groups in total. The fourth-order valence-corrected chi connectivity index (χ4v) is 4.85. The summed E-state index contributed by atoms with van der Waals surface area (Å²) in [5.74, 6) is -0.211. The summed E-state index contributed by atoms with van der Waals surface area (Å²) in [4.78, 5) is 14.3. The third-order valence-corrected chi connectivity index (χ3v) is 6.13. The van der Waals surface area contributed by atoms with Crippen LogP contribution in [-0.4, -0.2) is 51.4 Å². The summed E-state index contributed by atoms with van der Waals surface area (Å²) in [5, 5.41) is 1.17. The maximum Gasteiger partial charge on any atom is 0.123 e. The van der Waals surface area contributed by atoms with Gasteiger partial charge in [-0.2, -0.15) is 0 Å². The number of rotatable bonds is 6. The average Bonchev–Trinajstić information content (AvgIpc) is 3.19. The highest BCUT2D eigenvalue weighted by atomic mass is 32.2. The van der Waals surface area contributed by atoms with Gasteiger partial charge in [-0.1, -0.05) is 30.8 Å². The van der Waals surface area contributed by atoms with E-state index in [0.29, 0.717) is 0 Å². The van der Waals surface area contributed by atoms with E-state index in [1.807, 2.05) is 24.3 Å². The molecule has 0 radical (unpaired) electrons. The van der Waals surface area contributed by atoms with E-state index >= 15 is 0 Å². The molecule has 0 spiro atoms. The minimum atomic E-state index is -0.211. The highest BCUT2D eigenvalue weighted by molar-refractivity contribution is 8.00. The molecular formula is C21H23FN4OS. The number of H-pyrrole nitrogens is 1. The molecule has 1 aliphatic heterocycles. The van der Waals surface area contributed by atoms with E-state index in [0.717, 1.165) is 48.2 Å². The maximum atomic E-state index is 13.5. The molecule has 28 heavy (non-hydrogen) atoms. The molecule has 0 bridgehead atoms. The molecule has 1 saturated heterocycles. The number of benzene rings is 1. The fraction of sp³-hybridized carbons (Fsp3) is 0.333. The van der Waals surface area contributed by atoms with Crippen molar-refractivity contribution in [2.45, 2.75) is 23.2 Å². The molecule has 5 nitrogen and oxygen atoms in total. The molecule has 1 aromatic carbocycles.